The topological polar surface area (TPSA) is 42.7 Å². The summed E-state index contributed by atoms with van der Waals surface area (Å²) >= 11 is 0. The van der Waals surface area contributed by atoms with E-state index in [0.29, 0.717) is 6.04 Å². The normalized spacial score (nSPS) is 12.7. The SMILES string of the molecule is CNC(Cc1cccnc1)Cc1nn(C)c2ccccc12. The highest BCUT2D eigenvalue weighted by Gasteiger charge is 2.14. The number of nitrogens with one attached hydrogen (secondary N) is 1. The van der Waals surface area contributed by atoms with Crippen LogP contribution in [0.15, 0.2) is 48.8 Å². The molecule has 2 aromatic heterocycles. The van der Waals surface area contributed by atoms with E-state index in [9.17, 15) is 0 Å². The Labute approximate surface area is 124 Å². The van der Waals surface area contributed by atoms with Crippen LogP contribution in [0.1, 0.15) is 11.3 Å². The zero-order valence-electron chi connectivity index (χ0n) is 12.5. The van der Waals surface area contributed by atoms with E-state index in [-0.39, 0.29) is 0 Å². The zero-order valence-corrected chi connectivity index (χ0v) is 12.5. The monoisotopic (exact) mass is 280 g/mol. The fraction of sp³-hybridized carbons (Fsp3) is 0.294. The molecular formula is C17H20N4. The van der Waals surface area contributed by atoms with Gasteiger partial charge in [-0.1, -0.05) is 24.3 Å². The molecule has 2 heterocycles. The fourth-order valence-corrected chi connectivity index (χ4v) is 2.75. The summed E-state index contributed by atoms with van der Waals surface area (Å²) in [5, 5.41) is 9.32. The van der Waals surface area contributed by atoms with Crippen molar-refractivity contribution in [2.24, 2.45) is 7.05 Å². The molecule has 1 N–H and O–H groups in total. The van der Waals surface area contributed by atoms with E-state index >= 15 is 0 Å². The Morgan fingerprint density at radius 3 is 2.76 bits per heavy atom. The molecule has 0 saturated heterocycles. The second-order valence-corrected chi connectivity index (χ2v) is 5.34. The molecule has 108 valence electrons. The molecule has 0 radical (unpaired) electrons. The lowest BCUT2D eigenvalue weighted by Crippen LogP contribution is -2.30. The van der Waals surface area contributed by atoms with E-state index in [2.05, 4.69) is 45.7 Å². The summed E-state index contributed by atoms with van der Waals surface area (Å²) in [6.07, 6.45) is 5.60. The Morgan fingerprint density at radius 2 is 2.00 bits per heavy atom. The lowest BCUT2D eigenvalue weighted by Gasteiger charge is -2.15. The lowest BCUT2D eigenvalue weighted by atomic mass is 10.0. The van der Waals surface area contributed by atoms with Crippen LogP contribution < -0.4 is 5.32 Å². The van der Waals surface area contributed by atoms with E-state index in [1.54, 1.807) is 0 Å². The van der Waals surface area contributed by atoms with Gasteiger partial charge in [0.2, 0.25) is 0 Å². The average molecular weight is 280 g/mol. The predicted octanol–water partition coefficient (Wildman–Crippen LogP) is 2.34. The molecule has 3 rings (SSSR count). The Hall–Kier alpha value is -2.20. The van der Waals surface area contributed by atoms with Gasteiger partial charge in [0.1, 0.15) is 0 Å². The van der Waals surface area contributed by atoms with Gasteiger partial charge in [-0.05, 0) is 31.2 Å². The second-order valence-electron chi connectivity index (χ2n) is 5.34. The quantitative estimate of drug-likeness (QED) is 0.780. The molecule has 0 fully saturated rings. The molecular weight excluding hydrogens is 260 g/mol. The summed E-state index contributed by atoms with van der Waals surface area (Å²) in [5.74, 6) is 0. The standard InChI is InChI=1S/C17H20N4/c1-18-14(10-13-6-5-9-19-12-13)11-16-15-7-3-4-8-17(15)21(2)20-16/h3-9,12,14,18H,10-11H2,1-2H3. The summed E-state index contributed by atoms with van der Waals surface area (Å²) in [6, 6.07) is 12.8. The first-order chi connectivity index (χ1) is 10.3. The molecule has 0 aliphatic heterocycles. The number of aromatic nitrogens is 3. The third-order valence-corrected chi connectivity index (χ3v) is 3.89. The number of hydrogen-bond donors (Lipinski definition) is 1. The van der Waals surface area contributed by atoms with Gasteiger partial charge < -0.3 is 5.32 Å². The minimum atomic E-state index is 0.354. The highest BCUT2D eigenvalue weighted by molar-refractivity contribution is 5.81. The van der Waals surface area contributed by atoms with Crippen LogP contribution in [0.25, 0.3) is 10.9 Å². The number of fused-ring (bicyclic) bond motifs is 1. The van der Waals surface area contributed by atoms with E-state index in [0.717, 1.165) is 18.5 Å². The Balaban J connectivity index is 1.83. The minimum absolute atomic E-state index is 0.354. The third-order valence-electron chi connectivity index (χ3n) is 3.89. The van der Waals surface area contributed by atoms with Crippen LogP contribution in [0.3, 0.4) is 0 Å². The first-order valence-electron chi connectivity index (χ1n) is 7.24. The van der Waals surface area contributed by atoms with Gasteiger partial charge in [0, 0.05) is 37.3 Å². The van der Waals surface area contributed by atoms with Crippen molar-refractivity contribution in [1.82, 2.24) is 20.1 Å². The number of aryl methyl sites for hydroxylation is 1. The van der Waals surface area contributed by atoms with Gasteiger partial charge in [0.25, 0.3) is 0 Å². The second kappa shape index (κ2) is 6.06. The van der Waals surface area contributed by atoms with Gasteiger partial charge in [-0.25, -0.2) is 0 Å². The molecule has 0 saturated carbocycles. The van der Waals surface area contributed by atoms with Gasteiger partial charge in [0.15, 0.2) is 0 Å². The van der Waals surface area contributed by atoms with Crippen LogP contribution >= 0.6 is 0 Å². The smallest absolute Gasteiger partial charge is 0.0718 e. The molecule has 0 bridgehead atoms. The zero-order chi connectivity index (χ0) is 14.7. The number of nitrogens with zero attached hydrogens (tertiary/aromatic N) is 3. The maximum Gasteiger partial charge on any atom is 0.0718 e. The minimum Gasteiger partial charge on any atom is -0.316 e. The molecule has 1 atom stereocenters. The van der Waals surface area contributed by atoms with E-state index in [1.807, 2.05) is 37.2 Å². The first-order valence-corrected chi connectivity index (χ1v) is 7.24. The number of benzene rings is 1. The molecule has 3 aromatic rings. The van der Waals surface area contributed by atoms with Crippen molar-refractivity contribution in [2.75, 3.05) is 7.05 Å². The molecule has 4 nitrogen and oxygen atoms in total. The van der Waals surface area contributed by atoms with Crippen molar-refractivity contribution >= 4 is 10.9 Å². The molecule has 21 heavy (non-hydrogen) atoms. The van der Waals surface area contributed by atoms with Crippen LogP contribution in [0.4, 0.5) is 0 Å². The van der Waals surface area contributed by atoms with Gasteiger partial charge in [0.05, 0.1) is 11.2 Å². The Bertz CT molecular complexity index is 718. The molecule has 0 amide bonds. The van der Waals surface area contributed by atoms with Gasteiger partial charge >= 0.3 is 0 Å². The van der Waals surface area contributed by atoms with Crippen molar-refractivity contribution in [3.8, 4) is 0 Å². The van der Waals surface area contributed by atoms with Gasteiger partial charge in [-0.2, -0.15) is 5.10 Å². The van der Waals surface area contributed by atoms with Crippen LogP contribution in [0.5, 0.6) is 0 Å². The molecule has 0 aliphatic carbocycles. The summed E-state index contributed by atoms with van der Waals surface area (Å²) in [7, 11) is 4.01. The predicted molar refractivity (Wildman–Crippen MR) is 85.2 cm³/mol. The highest BCUT2D eigenvalue weighted by Crippen LogP contribution is 2.19. The van der Waals surface area contributed by atoms with Crippen LogP contribution in [-0.2, 0) is 19.9 Å². The summed E-state index contributed by atoms with van der Waals surface area (Å²) in [4.78, 5) is 4.19. The van der Waals surface area contributed by atoms with Crippen molar-refractivity contribution in [3.05, 3.63) is 60.0 Å². The maximum atomic E-state index is 4.68. The number of para-hydroxylation sites is 1. The molecule has 0 aliphatic rings. The summed E-state index contributed by atoms with van der Waals surface area (Å²) in [5.41, 5.74) is 3.58. The van der Waals surface area contributed by atoms with Gasteiger partial charge in [-0.3, -0.25) is 9.67 Å². The molecule has 4 heteroatoms. The number of hydrogen-bond acceptors (Lipinski definition) is 3. The van der Waals surface area contributed by atoms with Crippen LogP contribution in [-0.4, -0.2) is 27.9 Å². The Morgan fingerprint density at radius 1 is 1.14 bits per heavy atom. The summed E-state index contributed by atoms with van der Waals surface area (Å²) in [6.45, 7) is 0. The van der Waals surface area contributed by atoms with Crippen molar-refractivity contribution in [1.29, 1.82) is 0 Å². The lowest BCUT2D eigenvalue weighted by molar-refractivity contribution is 0.546. The first kappa shape index (κ1) is 13.8. The number of pyridine rings is 1. The van der Waals surface area contributed by atoms with Crippen molar-refractivity contribution in [2.45, 2.75) is 18.9 Å². The van der Waals surface area contributed by atoms with E-state index < -0.39 is 0 Å². The largest absolute Gasteiger partial charge is 0.316 e. The maximum absolute atomic E-state index is 4.68. The number of likely N-dealkylation sites (N-methyl/N-ethyl adjacent to an activating group) is 1. The molecule has 1 aromatic carbocycles. The van der Waals surface area contributed by atoms with E-state index in [4.69, 9.17) is 0 Å². The fourth-order valence-electron chi connectivity index (χ4n) is 2.75. The van der Waals surface area contributed by atoms with Crippen LogP contribution in [0, 0.1) is 0 Å². The number of rotatable bonds is 5. The highest BCUT2D eigenvalue weighted by atomic mass is 15.3. The van der Waals surface area contributed by atoms with Crippen molar-refractivity contribution < 1.29 is 0 Å². The Kier molecular flexibility index (Phi) is 3.97. The summed E-state index contributed by atoms with van der Waals surface area (Å²) < 4.78 is 1.96. The average Bonchev–Trinajstić information content (AvgIpc) is 2.84. The third kappa shape index (κ3) is 2.95. The molecule has 0 spiro atoms. The van der Waals surface area contributed by atoms with Crippen molar-refractivity contribution in [3.63, 3.8) is 0 Å². The molecule has 1 unspecified atom stereocenters. The van der Waals surface area contributed by atoms with Gasteiger partial charge in [-0.15, -0.1) is 0 Å². The van der Waals surface area contributed by atoms with Crippen LogP contribution in [0.2, 0.25) is 0 Å². The van der Waals surface area contributed by atoms with E-state index in [1.165, 1.54) is 16.5 Å².